The second kappa shape index (κ2) is 7.32. The van der Waals surface area contributed by atoms with Gasteiger partial charge >= 0.3 is 6.36 Å². The van der Waals surface area contributed by atoms with Gasteiger partial charge in [0.15, 0.2) is 5.75 Å². The number of carbonyl (C=O) groups excluding carboxylic acids is 1. The highest BCUT2D eigenvalue weighted by molar-refractivity contribution is 5.96. The third kappa shape index (κ3) is 4.59. The van der Waals surface area contributed by atoms with E-state index in [0.29, 0.717) is 25.0 Å². The second-order valence-corrected chi connectivity index (χ2v) is 6.93. The van der Waals surface area contributed by atoms with Gasteiger partial charge in [-0.25, -0.2) is 0 Å². The molecule has 3 atom stereocenters. The van der Waals surface area contributed by atoms with E-state index in [4.69, 9.17) is 10.5 Å². The van der Waals surface area contributed by atoms with Gasteiger partial charge in [-0.15, -0.1) is 13.2 Å². The number of benzene rings is 1. The molecule has 26 heavy (non-hydrogen) atoms. The Kier molecular flexibility index (Phi) is 5.29. The van der Waals surface area contributed by atoms with Crippen LogP contribution in [0.15, 0.2) is 18.2 Å². The Balaban J connectivity index is 1.70. The first kappa shape index (κ1) is 18.8. The molecule has 0 aromatic heterocycles. The quantitative estimate of drug-likeness (QED) is 0.793. The zero-order valence-corrected chi connectivity index (χ0v) is 14.4. The number of hydrogen-bond acceptors (Lipinski definition) is 5. The van der Waals surface area contributed by atoms with Gasteiger partial charge < -0.3 is 20.5 Å². The first-order valence-corrected chi connectivity index (χ1v) is 8.49. The van der Waals surface area contributed by atoms with E-state index in [1.165, 1.54) is 12.1 Å². The van der Waals surface area contributed by atoms with E-state index in [-0.39, 0.29) is 11.4 Å². The molecule has 1 amide bonds. The van der Waals surface area contributed by atoms with E-state index in [0.717, 1.165) is 25.6 Å². The number of hydrogen-bond donors (Lipinski definition) is 2. The van der Waals surface area contributed by atoms with Crippen molar-refractivity contribution >= 4 is 17.3 Å². The molecule has 3 unspecified atom stereocenters. The number of halogens is 3. The summed E-state index contributed by atoms with van der Waals surface area (Å²) in [7, 11) is 0. The Morgan fingerprint density at radius 1 is 1.35 bits per heavy atom. The minimum atomic E-state index is -4.86. The molecule has 1 aromatic carbocycles. The number of nitrogen functional groups attached to an aromatic ring is 1. The normalized spacial score (nSPS) is 24.8. The third-order valence-corrected chi connectivity index (χ3v) is 4.77. The Hall–Kier alpha value is -2.00. The van der Waals surface area contributed by atoms with Gasteiger partial charge in [0.1, 0.15) is 0 Å². The van der Waals surface area contributed by atoms with Gasteiger partial charge in [-0.1, -0.05) is 0 Å². The summed E-state index contributed by atoms with van der Waals surface area (Å²) in [5.41, 5.74) is 5.77. The highest BCUT2D eigenvalue weighted by Crippen LogP contribution is 2.33. The Morgan fingerprint density at radius 2 is 2.00 bits per heavy atom. The number of anilines is 2. The van der Waals surface area contributed by atoms with Crippen LogP contribution in [0.1, 0.15) is 13.3 Å². The molecule has 2 aliphatic rings. The monoisotopic (exact) mass is 373 g/mol. The van der Waals surface area contributed by atoms with E-state index in [1.807, 2.05) is 4.90 Å². The average molecular weight is 373 g/mol. The fourth-order valence-electron chi connectivity index (χ4n) is 3.58. The van der Waals surface area contributed by atoms with Crippen LogP contribution < -0.4 is 15.8 Å². The van der Waals surface area contributed by atoms with Crippen LogP contribution >= 0.6 is 0 Å². The smallest absolute Gasteiger partial charge is 0.404 e. The number of rotatable bonds is 4. The lowest BCUT2D eigenvalue weighted by Crippen LogP contribution is -2.53. The van der Waals surface area contributed by atoms with E-state index < -0.39 is 24.1 Å². The minimum Gasteiger partial charge on any atom is -0.404 e. The molecule has 2 aliphatic heterocycles. The largest absolute Gasteiger partial charge is 0.573 e. The van der Waals surface area contributed by atoms with Crippen LogP contribution in [-0.4, -0.2) is 49.5 Å². The summed E-state index contributed by atoms with van der Waals surface area (Å²) in [5.74, 6) is -0.122. The molecule has 1 aromatic rings. The Morgan fingerprint density at radius 3 is 2.62 bits per heavy atom. The molecule has 0 spiro atoms. The van der Waals surface area contributed by atoms with Gasteiger partial charge in [0.2, 0.25) is 5.91 Å². The van der Waals surface area contributed by atoms with Crippen molar-refractivity contribution in [3.63, 3.8) is 0 Å². The number of nitrogens with one attached hydrogen (secondary N) is 1. The molecular weight excluding hydrogens is 351 g/mol. The van der Waals surface area contributed by atoms with Crippen molar-refractivity contribution in [1.29, 1.82) is 0 Å². The number of carbonyl (C=O) groups is 1. The summed E-state index contributed by atoms with van der Waals surface area (Å²) in [6.07, 6.45) is -3.77. The minimum absolute atomic E-state index is 0.0975. The third-order valence-electron chi connectivity index (χ3n) is 4.77. The van der Waals surface area contributed by atoms with Gasteiger partial charge in [-0.3, -0.25) is 9.69 Å². The fraction of sp³-hybridized carbons (Fsp3) is 0.588. The van der Waals surface area contributed by atoms with Crippen molar-refractivity contribution in [2.45, 2.75) is 25.7 Å². The molecule has 2 bridgehead atoms. The van der Waals surface area contributed by atoms with Gasteiger partial charge in [-0.05, 0) is 43.4 Å². The number of nitrogens with two attached hydrogens (primary N) is 1. The standard InChI is InChI=1S/C17H22F3N3O3/c1-10(23-6-11-4-12(7-23)9-25-8-11)16(24)22-14-5-13(21)2-3-15(14)26-17(18,19)20/h2-3,5,10-12H,4,6-9,21H2,1H3,(H,22,24). The second-order valence-electron chi connectivity index (χ2n) is 6.93. The zero-order valence-electron chi connectivity index (χ0n) is 14.4. The molecule has 9 heteroatoms. The van der Waals surface area contributed by atoms with Gasteiger partial charge in [0.25, 0.3) is 0 Å². The summed E-state index contributed by atoms with van der Waals surface area (Å²) in [4.78, 5) is 14.6. The van der Waals surface area contributed by atoms with Crippen LogP contribution in [0.2, 0.25) is 0 Å². The SMILES string of the molecule is CC(C(=O)Nc1cc(N)ccc1OC(F)(F)F)N1CC2COCC(C2)C1. The maximum absolute atomic E-state index is 12.6. The number of nitrogens with zero attached hydrogens (tertiary/aromatic N) is 1. The Bertz CT molecular complexity index is 656. The summed E-state index contributed by atoms with van der Waals surface area (Å²) in [6, 6.07) is 3.14. The molecule has 0 saturated carbocycles. The van der Waals surface area contributed by atoms with Gasteiger partial charge in [-0.2, -0.15) is 0 Å². The first-order valence-electron chi connectivity index (χ1n) is 8.49. The number of piperidine rings is 1. The molecule has 0 aliphatic carbocycles. The van der Waals surface area contributed by atoms with Crippen LogP contribution in [0.25, 0.3) is 0 Å². The molecule has 144 valence electrons. The van der Waals surface area contributed by atoms with Crippen molar-refractivity contribution in [2.75, 3.05) is 37.4 Å². The van der Waals surface area contributed by atoms with Gasteiger partial charge in [0.05, 0.1) is 24.9 Å². The lowest BCUT2D eigenvalue weighted by atomic mass is 9.87. The zero-order chi connectivity index (χ0) is 18.9. The number of likely N-dealkylation sites (tertiary alicyclic amines) is 1. The van der Waals surface area contributed by atoms with Crippen molar-refractivity contribution in [2.24, 2.45) is 11.8 Å². The molecule has 3 N–H and O–H groups in total. The predicted octanol–water partition coefficient (Wildman–Crippen LogP) is 2.46. The van der Waals surface area contributed by atoms with E-state index >= 15 is 0 Å². The highest BCUT2D eigenvalue weighted by Gasteiger charge is 2.36. The molecule has 2 saturated heterocycles. The number of alkyl halides is 3. The van der Waals surface area contributed by atoms with Gasteiger partial charge in [0, 0.05) is 18.8 Å². The van der Waals surface area contributed by atoms with Crippen LogP contribution in [0.3, 0.4) is 0 Å². The molecule has 2 fully saturated rings. The predicted molar refractivity (Wildman–Crippen MR) is 89.6 cm³/mol. The van der Waals surface area contributed by atoms with Crippen LogP contribution in [0.5, 0.6) is 5.75 Å². The van der Waals surface area contributed by atoms with Crippen molar-refractivity contribution in [3.8, 4) is 5.75 Å². The number of amides is 1. The summed E-state index contributed by atoms with van der Waals surface area (Å²) >= 11 is 0. The maximum Gasteiger partial charge on any atom is 0.573 e. The van der Waals surface area contributed by atoms with E-state index in [9.17, 15) is 18.0 Å². The van der Waals surface area contributed by atoms with E-state index in [2.05, 4.69) is 10.1 Å². The van der Waals surface area contributed by atoms with Crippen molar-refractivity contribution in [1.82, 2.24) is 4.90 Å². The van der Waals surface area contributed by atoms with E-state index in [1.54, 1.807) is 6.92 Å². The highest BCUT2D eigenvalue weighted by atomic mass is 19.4. The molecule has 6 nitrogen and oxygen atoms in total. The summed E-state index contributed by atoms with van der Waals surface area (Å²) < 4.78 is 47.2. The first-order chi connectivity index (χ1) is 12.2. The fourth-order valence-corrected chi connectivity index (χ4v) is 3.58. The van der Waals surface area contributed by atoms with Crippen LogP contribution in [0.4, 0.5) is 24.5 Å². The van der Waals surface area contributed by atoms with Crippen LogP contribution in [-0.2, 0) is 9.53 Å². The Labute approximate surface area is 149 Å². The molecule has 0 radical (unpaired) electrons. The number of ether oxygens (including phenoxy) is 2. The lowest BCUT2D eigenvalue weighted by Gasteiger charge is -2.43. The lowest BCUT2D eigenvalue weighted by molar-refractivity contribution is -0.274. The topological polar surface area (TPSA) is 76.8 Å². The molecule has 3 rings (SSSR count). The molecule has 2 heterocycles. The molecular formula is C17H22F3N3O3. The summed E-state index contributed by atoms with van der Waals surface area (Å²) in [5, 5.41) is 2.52. The summed E-state index contributed by atoms with van der Waals surface area (Å²) in [6.45, 7) is 4.57. The van der Waals surface area contributed by atoms with Crippen LogP contribution in [0, 0.1) is 11.8 Å². The van der Waals surface area contributed by atoms with Crippen molar-refractivity contribution < 1.29 is 27.4 Å². The average Bonchev–Trinajstić information content (AvgIpc) is 2.55. The maximum atomic E-state index is 12.6. The van der Waals surface area contributed by atoms with Crippen molar-refractivity contribution in [3.05, 3.63) is 18.2 Å². The number of fused-ring (bicyclic) bond motifs is 2.